The normalized spacial score (nSPS) is 11.7. The van der Waals surface area contributed by atoms with E-state index in [1.165, 1.54) is 0 Å². The molecule has 130 valence electrons. The number of anilines is 1. The van der Waals surface area contributed by atoms with Gasteiger partial charge in [-0.2, -0.15) is 5.10 Å². The summed E-state index contributed by atoms with van der Waals surface area (Å²) in [6.07, 6.45) is 3.83. The molecule has 3 aromatic rings. The van der Waals surface area contributed by atoms with Gasteiger partial charge in [-0.15, -0.1) is 0 Å². The minimum atomic E-state index is -0.189. The molecule has 4 heteroatoms. The second-order valence-corrected chi connectivity index (χ2v) is 5.91. The van der Waals surface area contributed by atoms with Crippen LogP contribution in [0, 0.1) is 0 Å². The van der Waals surface area contributed by atoms with Crippen molar-refractivity contribution in [3.8, 4) is 0 Å². The molecule has 0 aliphatic rings. The Morgan fingerprint density at radius 3 is 2.54 bits per heavy atom. The lowest BCUT2D eigenvalue weighted by Gasteiger charge is -2.09. The summed E-state index contributed by atoms with van der Waals surface area (Å²) in [5, 5.41) is 9.50. The SMILES string of the molecule is CC(/C=C/c1ccccc1)=N/NC(=O)CNc1cccc2ccccc12. The average molecular weight is 343 g/mol. The maximum Gasteiger partial charge on any atom is 0.259 e. The third-order valence-corrected chi connectivity index (χ3v) is 3.90. The van der Waals surface area contributed by atoms with Crippen molar-refractivity contribution in [1.82, 2.24) is 5.43 Å². The first kappa shape index (κ1) is 17.4. The average Bonchev–Trinajstić information content (AvgIpc) is 2.70. The van der Waals surface area contributed by atoms with Crippen molar-refractivity contribution in [3.05, 3.63) is 84.4 Å². The predicted octanol–water partition coefficient (Wildman–Crippen LogP) is 4.46. The molecule has 0 aromatic heterocycles. The second-order valence-electron chi connectivity index (χ2n) is 5.91. The number of carbonyl (C=O) groups excluding carboxylic acids is 1. The fraction of sp³-hybridized carbons (Fsp3) is 0.0909. The number of benzene rings is 3. The van der Waals surface area contributed by atoms with Gasteiger partial charge in [0.15, 0.2) is 0 Å². The summed E-state index contributed by atoms with van der Waals surface area (Å²) in [4.78, 5) is 12.0. The van der Waals surface area contributed by atoms with E-state index in [-0.39, 0.29) is 12.5 Å². The fourth-order valence-corrected chi connectivity index (χ4v) is 2.56. The molecule has 3 aromatic carbocycles. The van der Waals surface area contributed by atoms with Crippen LogP contribution in [0.1, 0.15) is 12.5 Å². The van der Waals surface area contributed by atoms with Crippen LogP contribution in [0.25, 0.3) is 16.8 Å². The molecule has 0 saturated heterocycles. The maximum absolute atomic E-state index is 12.0. The molecule has 0 fully saturated rings. The number of rotatable bonds is 6. The highest BCUT2D eigenvalue weighted by Crippen LogP contribution is 2.22. The Morgan fingerprint density at radius 2 is 1.69 bits per heavy atom. The molecule has 0 bridgehead atoms. The first-order chi connectivity index (χ1) is 12.7. The topological polar surface area (TPSA) is 53.5 Å². The lowest BCUT2D eigenvalue weighted by Crippen LogP contribution is -2.26. The van der Waals surface area contributed by atoms with Gasteiger partial charge in [0.1, 0.15) is 0 Å². The van der Waals surface area contributed by atoms with Gasteiger partial charge in [0, 0.05) is 11.1 Å². The molecule has 26 heavy (non-hydrogen) atoms. The van der Waals surface area contributed by atoms with E-state index in [1.807, 2.05) is 91.9 Å². The Bertz CT molecular complexity index is 941. The highest BCUT2D eigenvalue weighted by molar-refractivity contribution is 5.97. The second kappa shape index (κ2) is 8.62. The third-order valence-electron chi connectivity index (χ3n) is 3.90. The highest BCUT2D eigenvalue weighted by Gasteiger charge is 2.03. The Hall–Kier alpha value is -3.40. The molecule has 0 aliphatic carbocycles. The fourth-order valence-electron chi connectivity index (χ4n) is 2.56. The van der Waals surface area contributed by atoms with E-state index in [0.717, 1.165) is 27.7 Å². The summed E-state index contributed by atoms with van der Waals surface area (Å²) in [6.45, 7) is 2.00. The quantitative estimate of drug-likeness (QED) is 0.513. The molecule has 4 nitrogen and oxygen atoms in total. The van der Waals surface area contributed by atoms with Crippen LogP contribution < -0.4 is 10.7 Å². The Kier molecular flexibility index (Phi) is 5.78. The van der Waals surface area contributed by atoms with Gasteiger partial charge in [0.05, 0.1) is 12.3 Å². The largest absolute Gasteiger partial charge is 0.376 e. The monoisotopic (exact) mass is 343 g/mol. The number of nitrogens with one attached hydrogen (secondary N) is 2. The van der Waals surface area contributed by atoms with E-state index in [4.69, 9.17) is 0 Å². The molecular weight excluding hydrogens is 322 g/mol. The van der Waals surface area contributed by atoms with E-state index in [0.29, 0.717) is 0 Å². The number of hydrogen-bond donors (Lipinski definition) is 2. The van der Waals surface area contributed by atoms with Crippen LogP contribution in [0.15, 0.2) is 84.0 Å². The molecule has 1 amide bonds. The molecule has 0 spiro atoms. The van der Waals surface area contributed by atoms with Gasteiger partial charge in [0.25, 0.3) is 5.91 Å². The van der Waals surface area contributed by atoms with Gasteiger partial charge in [-0.1, -0.05) is 72.8 Å². The summed E-state index contributed by atoms with van der Waals surface area (Å²) in [7, 11) is 0. The van der Waals surface area contributed by atoms with Crippen molar-refractivity contribution in [2.24, 2.45) is 5.10 Å². The number of amides is 1. The number of hydrogen-bond acceptors (Lipinski definition) is 3. The van der Waals surface area contributed by atoms with E-state index in [9.17, 15) is 4.79 Å². The van der Waals surface area contributed by atoms with Crippen molar-refractivity contribution in [1.29, 1.82) is 0 Å². The first-order valence-corrected chi connectivity index (χ1v) is 8.50. The van der Waals surface area contributed by atoms with Crippen LogP contribution in [-0.4, -0.2) is 18.2 Å². The molecular formula is C22H21N3O. The van der Waals surface area contributed by atoms with Gasteiger partial charge >= 0.3 is 0 Å². The number of hydrazone groups is 1. The third kappa shape index (κ3) is 4.80. The molecule has 0 saturated carbocycles. The minimum absolute atomic E-state index is 0.160. The summed E-state index contributed by atoms with van der Waals surface area (Å²) in [5.74, 6) is -0.189. The maximum atomic E-state index is 12.0. The van der Waals surface area contributed by atoms with Crippen LogP contribution in [0.4, 0.5) is 5.69 Å². The van der Waals surface area contributed by atoms with Gasteiger partial charge in [-0.05, 0) is 30.0 Å². The highest BCUT2D eigenvalue weighted by atomic mass is 16.2. The molecule has 2 N–H and O–H groups in total. The standard InChI is InChI=1S/C22H21N3O/c1-17(14-15-18-8-3-2-4-9-18)24-25-22(26)16-23-21-13-7-11-19-10-5-6-12-20(19)21/h2-15,23H,16H2,1H3,(H,25,26)/b15-14+,24-17-. The molecule has 0 heterocycles. The van der Waals surface area contributed by atoms with Gasteiger partial charge in [-0.25, -0.2) is 5.43 Å². The van der Waals surface area contributed by atoms with Crippen LogP contribution in [-0.2, 0) is 4.79 Å². The zero-order valence-electron chi connectivity index (χ0n) is 14.6. The summed E-state index contributed by atoms with van der Waals surface area (Å²) in [6, 6.07) is 24.0. The lowest BCUT2D eigenvalue weighted by atomic mass is 10.1. The first-order valence-electron chi connectivity index (χ1n) is 8.50. The molecule has 0 atom stereocenters. The Morgan fingerprint density at radius 1 is 0.962 bits per heavy atom. The molecule has 0 aliphatic heterocycles. The van der Waals surface area contributed by atoms with Gasteiger partial charge < -0.3 is 5.32 Å². The number of fused-ring (bicyclic) bond motifs is 1. The number of nitrogens with zero attached hydrogens (tertiary/aromatic N) is 1. The number of carbonyl (C=O) groups is 1. The van der Waals surface area contributed by atoms with E-state index < -0.39 is 0 Å². The Labute approximate surface area is 153 Å². The van der Waals surface area contributed by atoms with E-state index in [1.54, 1.807) is 0 Å². The van der Waals surface area contributed by atoms with Crippen LogP contribution in [0.2, 0.25) is 0 Å². The van der Waals surface area contributed by atoms with E-state index >= 15 is 0 Å². The smallest absolute Gasteiger partial charge is 0.259 e. The van der Waals surface area contributed by atoms with Crippen molar-refractivity contribution in [2.75, 3.05) is 11.9 Å². The molecule has 0 unspecified atom stereocenters. The van der Waals surface area contributed by atoms with Crippen LogP contribution >= 0.6 is 0 Å². The van der Waals surface area contributed by atoms with Crippen molar-refractivity contribution >= 4 is 34.2 Å². The molecule has 0 radical (unpaired) electrons. The van der Waals surface area contributed by atoms with Crippen molar-refractivity contribution < 1.29 is 4.79 Å². The van der Waals surface area contributed by atoms with Crippen LogP contribution in [0.5, 0.6) is 0 Å². The lowest BCUT2D eigenvalue weighted by molar-refractivity contribution is -0.119. The van der Waals surface area contributed by atoms with E-state index in [2.05, 4.69) is 15.8 Å². The molecule has 3 rings (SSSR count). The zero-order valence-corrected chi connectivity index (χ0v) is 14.6. The minimum Gasteiger partial charge on any atom is -0.376 e. The van der Waals surface area contributed by atoms with Gasteiger partial charge in [0.2, 0.25) is 0 Å². The zero-order chi connectivity index (χ0) is 18.2. The number of allylic oxidation sites excluding steroid dienone is 1. The Balaban J connectivity index is 1.54. The van der Waals surface area contributed by atoms with Gasteiger partial charge in [-0.3, -0.25) is 4.79 Å². The van der Waals surface area contributed by atoms with Crippen LogP contribution in [0.3, 0.4) is 0 Å². The summed E-state index contributed by atoms with van der Waals surface area (Å²) < 4.78 is 0. The summed E-state index contributed by atoms with van der Waals surface area (Å²) >= 11 is 0. The van der Waals surface area contributed by atoms with Crippen molar-refractivity contribution in [3.63, 3.8) is 0 Å². The predicted molar refractivity (Wildman–Crippen MR) is 109 cm³/mol. The van der Waals surface area contributed by atoms with Crippen molar-refractivity contribution in [2.45, 2.75) is 6.92 Å². The summed E-state index contributed by atoms with van der Waals surface area (Å²) in [5.41, 5.74) is 5.32.